The summed E-state index contributed by atoms with van der Waals surface area (Å²) in [5.41, 5.74) is 4.26. The summed E-state index contributed by atoms with van der Waals surface area (Å²) in [7, 11) is -4.09. The summed E-state index contributed by atoms with van der Waals surface area (Å²) in [6.07, 6.45) is 5.02. The Hall–Kier alpha value is -0.586. The second-order valence-corrected chi connectivity index (χ2v) is 27.3. The summed E-state index contributed by atoms with van der Waals surface area (Å²) >= 11 is 0. The molecule has 0 bridgehead atoms. The molecule has 1 aromatic rings. The maximum absolute atomic E-state index is 7.20. The second-order valence-electron chi connectivity index (χ2n) is 16.4. The molecule has 0 N–H and O–H groups in total. The zero-order chi connectivity index (χ0) is 33.9. The highest BCUT2D eigenvalue weighted by Gasteiger charge is 2.64. The molecule has 264 valence electrons. The minimum Gasteiger partial charge on any atom is -0.413 e. The van der Waals surface area contributed by atoms with Gasteiger partial charge in [0.1, 0.15) is 6.10 Å². The predicted octanol–water partition coefficient (Wildman–Crippen LogP) is 10.7. The van der Waals surface area contributed by atoms with Crippen molar-refractivity contribution in [1.82, 2.24) is 0 Å². The molecule has 0 aliphatic carbocycles. The number of ether oxygens (including phenoxy) is 4. The number of fused-ring (bicyclic) bond motifs is 1. The smallest absolute Gasteiger partial charge is 0.224 e. The van der Waals surface area contributed by atoms with E-state index >= 15 is 0 Å². The molecule has 1 aromatic carbocycles. The van der Waals surface area contributed by atoms with Crippen LogP contribution in [0.5, 0.6) is 0 Å². The summed E-state index contributed by atoms with van der Waals surface area (Å²) < 4.78 is 42.6. The standard InChI is InChI=1S/C38H68O6Si2/c1-27(2)45(28(3)4,29(5)6)40-24-34-20-16-22-37(42-34)38(44-36(26-39-37)33-18-14-13-15-19-33)23-17-21-35(43-38)25-41-46(30(7)8,31(9)10)32(11)12/h13-15,18-19,27-32,34-36H,16-17,20-26H2,1-12H3/t34-,35-,36-,37+,38-/m1/s1. The SMILES string of the molecule is CC(C)[Si](OC[C@H]1CCC[C@]2(OC[C@H](c3ccccc3)O[C@]23CCC[C@H](CO[Si](C(C)C)(C(C)C)C(C)C)O3)O1)(C(C)C)C(C)C. The molecule has 0 amide bonds. The van der Waals surface area contributed by atoms with Crippen molar-refractivity contribution in [2.45, 2.75) is 185 Å². The fourth-order valence-corrected chi connectivity index (χ4v) is 20.8. The van der Waals surface area contributed by atoms with Crippen LogP contribution in [0.1, 0.15) is 133 Å². The van der Waals surface area contributed by atoms with Crippen molar-refractivity contribution in [3.63, 3.8) is 0 Å². The lowest BCUT2D eigenvalue weighted by atomic mass is 9.86. The molecule has 4 rings (SSSR count). The topological polar surface area (TPSA) is 55.4 Å². The molecule has 0 unspecified atom stereocenters. The second kappa shape index (κ2) is 15.5. The molecule has 46 heavy (non-hydrogen) atoms. The molecular weight excluding hydrogens is 609 g/mol. The Bertz CT molecular complexity index is 1030. The zero-order valence-corrected chi connectivity index (χ0v) is 33.4. The van der Waals surface area contributed by atoms with Crippen LogP contribution < -0.4 is 0 Å². The monoisotopic (exact) mass is 676 g/mol. The van der Waals surface area contributed by atoms with Gasteiger partial charge in [-0.3, -0.25) is 0 Å². The first-order chi connectivity index (χ1) is 21.7. The van der Waals surface area contributed by atoms with Crippen LogP contribution in [-0.2, 0) is 27.8 Å². The Morgan fingerprint density at radius 1 is 0.609 bits per heavy atom. The number of rotatable bonds is 13. The van der Waals surface area contributed by atoms with Crippen LogP contribution in [0.15, 0.2) is 30.3 Å². The summed E-state index contributed by atoms with van der Waals surface area (Å²) in [5.74, 6) is -1.97. The third-order valence-electron chi connectivity index (χ3n) is 11.8. The van der Waals surface area contributed by atoms with Gasteiger partial charge in [0.2, 0.25) is 11.6 Å². The first kappa shape index (κ1) is 38.2. The van der Waals surface area contributed by atoms with Gasteiger partial charge >= 0.3 is 0 Å². The Labute approximate surface area is 284 Å². The largest absolute Gasteiger partial charge is 0.413 e. The van der Waals surface area contributed by atoms with Gasteiger partial charge in [-0.15, -0.1) is 0 Å². The third kappa shape index (κ3) is 7.30. The first-order valence-electron chi connectivity index (χ1n) is 18.7. The van der Waals surface area contributed by atoms with Gasteiger partial charge in [0.15, 0.2) is 16.6 Å². The molecule has 0 saturated carbocycles. The molecule has 2 spiro atoms. The molecule has 0 radical (unpaired) electrons. The summed E-state index contributed by atoms with van der Waals surface area (Å²) in [4.78, 5) is 0. The van der Waals surface area contributed by atoms with E-state index in [9.17, 15) is 0 Å². The van der Waals surface area contributed by atoms with Crippen molar-refractivity contribution in [2.75, 3.05) is 19.8 Å². The molecule has 3 aliphatic heterocycles. The van der Waals surface area contributed by atoms with Crippen LogP contribution in [0.3, 0.4) is 0 Å². The number of benzene rings is 1. The van der Waals surface area contributed by atoms with Crippen molar-refractivity contribution in [1.29, 1.82) is 0 Å². The van der Waals surface area contributed by atoms with E-state index in [-0.39, 0.29) is 18.3 Å². The Kier molecular flexibility index (Phi) is 12.9. The van der Waals surface area contributed by atoms with Crippen LogP contribution in [0.25, 0.3) is 0 Å². The lowest BCUT2D eigenvalue weighted by molar-refractivity contribution is -0.484. The zero-order valence-electron chi connectivity index (χ0n) is 31.4. The summed E-state index contributed by atoms with van der Waals surface area (Å²) in [6, 6.07) is 10.4. The maximum Gasteiger partial charge on any atom is 0.224 e. The van der Waals surface area contributed by atoms with E-state index in [2.05, 4.69) is 107 Å². The van der Waals surface area contributed by atoms with E-state index in [4.69, 9.17) is 27.8 Å². The van der Waals surface area contributed by atoms with Crippen molar-refractivity contribution >= 4 is 16.6 Å². The first-order valence-corrected chi connectivity index (χ1v) is 22.9. The van der Waals surface area contributed by atoms with Gasteiger partial charge in [-0.2, -0.15) is 0 Å². The average molecular weight is 677 g/mol. The molecular formula is C38H68O6Si2. The van der Waals surface area contributed by atoms with Crippen LogP contribution >= 0.6 is 0 Å². The highest BCUT2D eigenvalue weighted by Crippen LogP contribution is 2.53. The van der Waals surface area contributed by atoms with Crippen molar-refractivity contribution in [2.24, 2.45) is 0 Å². The van der Waals surface area contributed by atoms with Gasteiger partial charge in [-0.25, -0.2) is 0 Å². The van der Waals surface area contributed by atoms with Gasteiger partial charge < -0.3 is 27.8 Å². The molecule has 8 heteroatoms. The fourth-order valence-electron chi connectivity index (χ4n) is 9.87. The molecule has 3 aliphatic rings. The highest BCUT2D eigenvalue weighted by molar-refractivity contribution is 6.78. The summed E-state index contributed by atoms with van der Waals surface area (Å²) in [5, 5.41) is 0. The van der Waals surface area contributed by atoms with E-state index in [1.807, 2.05) is 6.07 Å². The van der Waals surface area contributed by atoms with Crippen LogP contribution in [0, 0.1) is 0 Å². The van der Waals surface area contributed by atoms with Gasteiger partial charge in [0.25, 0.3) is 0 Å². The highest BCUT2D eigenvalue weighted by atomic mass is 28.4. The lowest BCUT2D eigenvalue weighted by Crippen LogP contribution is -2.69. The Morgan fingerprint density at radius 2 is 1.02 bits per heavy atom. The van der Waals surface area contributed by atoms with Crippen LogP contribution in [0.2, 0.25) is 33.2 Å². The minimum absolute atomic E-state index is 0.0614. The normalized spacial score (nSPS) is 29.8. The van der Waals surface area contributed by atoms with E-state index in [0.717, 1.165) is 44.1 Å². The van der Waals surface area contributed by atoms with Crippen LogP contribution in [-0.4, -0.2) is 60.2 Å². The Morgan fingerprint density at radius 3 is 1.46 bits per heavy atom. The molecule has 3 saturated heterocycles. The number of hydrogen-bond acceptors (Lipinski definition) is 6. The van der Waals surface area contributed by atoms with Crippen molar-refractivity contribution in [3.05, 3.63) is 35.9 Å². The molecule has 0 aromatic heterocycles. The molecule has 6 nitrogen and oxygen atoms in total. The molecule has 3 fully saturated rings. The Balaban J connectivity index is 1.62. The van der Waals surface area contributed by atoms with Crippen LogP contribution in [0.4, 0.5) is 0 Å². The fraction of sp³-hybridized carbons (Fsp3) is 0.842. The predicted molar refractivity (Wildman–Crippen MR) is 193 cm³/mol. The van der Waals surface area contributed by atoms with Gasteiger partial charge in [-0.05, 0) is 64.5 Å². The minimum atomic E-state index is -2.05. The van der Waals surface area contributed by atoms with Gasteiger partial charge in [-0.1, -0.05) is 113 Å². The van der Waals surface area contributed by atoms with Gasteiger partial charge in [0.05, 0.1) is 32.0 Å². The summed E-state index contributed by atoms with van der Waals surface area (Å²) in [6.45, 7) is 29.8. The third-order valence-corrected chi connectivity index (χ3v) is 23.9. The van der Waals surface area contributed by atoms with E-state index in [0.29, 0.717) is 53.1 Å². The van der Waals surface area contributed by atoms with E-state index in [1.165, 1.54) is 0 Å². The number of hydrogen-bond donors (Lipinski definition) is 0. The van der Waals surface area contributed by atoms with Crippen molar-refractivity contribution < 1.29 is 27.8 Å². The average Bonchev–Trinajstić information content (AvgIpc) is 2.99. The van der Waals surface area contributed by atoms with E-state index < -0.39 is 28.2 Å². The van der Waals surface area contributed by atoms with E-state index in [1.54, 1.807) is 0 Å². The quantitative estimate of drug-likeness (QED) is 0.194. The lowest BCUT2D eigenvalue weighted by Gasteiger charge is -2.58. The van der Waals surface area contributed by atoms with Crippen molar-refractivity contribution in [3.8, 4) is 0 Å². The van der Waals surface area contributed by atoms with Gasteiger partial charge in [0, 0.05) is 12.8 Å². The maximum atomic E-state index is 7.20. The molecule has 5 atom stereocenters. The molecule has 3 heterocycles.